The van der Waals surface area contributed by atoms with Gasteiger partial charge in [0, 0.05) is 12.8 Å². The van der Waals surface area contributed by atoms with Gasteiger partial charge in [-0.1, -0.05) is 7.43 Å². The molecule has 2 aromatic rings. The maximum absolute atomic E-state index is 11.3. The van der Waals surface area contributed by atoms with E-state index in [4.69, 9.17) is 14.6 Å². The molecule has 2 atom stereocenters. The Morgan fingerprint density at radius 1 is 0.800 bits per heavy atom. The van der Waals surface area contributed by atoms with Gasteiger partial charge in [0.15, 0.2) is 0 Å². The highest BCUT2D eigenvalue weighted by molar-refractivity contribution is 5.69. The van der Waals surface area contributed by atoms with E-state index in [1.807, 2.05) is 41.5 Å². The SMILES string of the molecule is C.COC(=O)CCC1(C)CCc2cc(O)c(C)c(C)c2O1.Cc1c(O)cc2c(c1C)OC(C)(CCC(=O)O)CC2. The lowest BCUT2D eigenvalue weighted by Gasteiger charge is -2.37. The van der Waals surface area contributed by atoms with Gasteiger partial charge in [0.25, 0.3) is 0 Å². The van der Waals surface area contributed by atoms with Crippen molar-refractivity contribution in [1.29, 1.82) is 0 Å². The number of phenolic OH excluding ortho intramolecular Hbond substituents is 2. The lowest BCUT2D eigenvalue weighted by molar-refractivity contribution is -0.142. The quantitative estimate of drug-likeness (QED) is 0.337. The number of carbonyl (C=O) groups is 2. The molecule has 0 saturated heterocycles. The number of fused-ring (bicyclic) bond motifs is 2. The Kier molecular flexibility index (Phi) is 10.5. The van der Waals surface area contributed by atoms with E-state index < -0.39 is 11.6 Å². The van der Waals surface area contributed by atoms with Crippen molar-refractivity contribution in [2.75, 3.05) is 7.11 Å². The van der Waals surface area contributed by atoms with Gasteiger partial charge in [-0.15, -0.1) is 0 Å². The Balaban J connectivity index is 0.000000274. The normalized spacial score (nSPS) is 20.8. The highest BCUT2D eigenvalue weighted by Crippen LogP contribution is 2.43. The number of methoxy groups -OCH3 is 1. The van der Waals surface area contributed by atoms with Crippen molar-refractivity contribution in [2.24, 2.45) is 0 Å². The Morgan fingerprint density at radius 2 is 1.20 bits per heavy atom. The molecule has 4 rings (SSSR count). The number of esters is 1. The first-order valence-electron chi connectivity index (χ1n) is 13.5. The molecule has 8 heteroatoms. The second-order valence-electron chi connectivity index (χ2n) is 11.3. The minimum Gasteiger partial charge on any atom is -0.508 e. The highest BCUT2D eigenvalue weighted by atomic mass is 16.5. The molecule has 0 spiro atoms. The number of benzene rings is 2. The molecule has 0 aromatic heterocycles. The molecule has 40 heavy (non-hydrogen) atoms. The first-order valence-corrected chi connectivity index (χ1v) is 13.5. The molecule has 0 amide bonds. The Bertz CT molecular complexity index is 1250. The number of hydrogen-bond acceptors (Lipinski definition) is 7. The molecule has 0 fully saturated rings. The molecule has 3 N–H and O–H groups in total. The molecule has 222 valence electrons. The summed E-state index contributed by atoms with van der Waals surface area (Å²) in [4.78, 5) is 22.0. The number of carbonyl (C=O) groups excluding carboxylic acids is 1. The lowest BCUT2D eigenvalue weighted by atomic mass is 9.87. The Labute approximate surface area is 238 Å². The number of carboxylic acid groups (broad SMARTS) is 1. The van der Waals surface area contributed by atoms with Crippen molar-refractivity contribution in [2.45, 2.75) is 112 Å². The summed E-state index contributed by atoms with van der Waals surface area (Å²) in [6.45, 7) is 11.6. The van der Waals surface area contributed by atoms with E-state index >= 15 is 0 Å². The number of aromatic hydroxyl groups is 2. The molecular formula is C32H46O8. The molecule has 2 aliphatic heterocycles. The zero-order valence-corrected chi connectivity index (χ0v) is 24.2. The van der Waals surface area contributed by atoms with Crippen LogP contribution < -0.4 is 9.47 Å². The van der Waals surface area contributed by atoms with Crippen LogP contribution in [0.5, 0.6) is 23.0 Å². The largest absolute Gasteiger partial charge is 0.508 e. The van der Waals surface area contributed by atoms with Crippen molar-refractivity contribution in [3.05, 3.63) is 45.5 Å². The molecular weight excluding hydrogens is 512 g/mol. The molecule has 2 aromatic carbocycles. The van der Waals surface area contributed by atoms with Crippen LogP contribution in [0.15, 0.2) is 12.1 Å². The van der Waals surface area contributed by atoms with Crippen LogP contribution in [-0.2, 0) is 27.2 Å². The number of carboxylic acids is 1. The first-order chi connectivity index (χ1) is 18.2. The maximum Gasteiger partial charge on any atom is 0.305 e. The van der Waals surface area contributed by atoms with Gasteiger partial charge in [-0.25, -0.2) is 0 Å². The average Bonchev–Trinajstić information content (AvgIpc) is 2.90. The zero-order valence-electron chi connectivity index (χ0n) is 24.2. The van der Waals surface area contributed by atoms with Crippen LogP contribution in [0.3, 0.4) is 0 Å². The third kappa shape index (κ3) is 7.40. The first kappa shape index (κ1) is 32.8. The number of rotatable bonds is 6. The fourth-order valence-electron chi connectivity index (χ4n) is 5.12. The van der Waals surface area contributed by atoms with Crippen molar-refractivity contribution in [3.63, 3.8) is 0 Å². The number of hydrogen-bond donors (Lipinski definition) is 3. The molecule has 2 unspecified atom stereocenters. The maximum atomic E-state index is 11.3. The number of aliphatic carboxylic acids is 1. The monoisotopic (exact) mass is 558 g/mol. The van der Waals surface area contributed by atoms with Crippen LogP contribution in [0.25, 0.3) is 0 Å². The van der Waals surface area contributed by atoms with Crippen molar-refractivity contribution in [3.8, 4) is 23.0 Å². The second-order valence-corrected chi connectivity index (χ2v) is 11.3. The average molecular weight is 559 g/mol. The molecule has 0 bridgehead atoms. The fourth-order valence-corrected chi connectivity index (χ4v) is 5.12. The summed E-state index contributed by atoms with van der Waals surface area (Å²) in [6.07, 6.45) is 4.87. The predicted molar refractivity (Wildman–Crippen MR) is 155 cm³/mol. The standard InChI is InChI=1S/C16H22O4.C15H20O4.CH4/c1-10-11(2)15-12(9-13(10)17)5-7-16(3,20-15)8-6-14(18)19-4;1-9-10(2)14-11(8-12(9)16)4-6-15(3,19-14)7-5-13(17)18;/h9,17H,5-8H2,1-4H3;8,16H,4-7H2,1-3H3,(H,17,18);1H4. The van der Waals surface area contributed by atoms with Crippen LogP contribution in [0.1, 0.15) is 93.2 Å². The van der Waals surface area contributed by atoms with Crippen molar-refractivity contribution < 1.29 is 39.1 Å². The summed E-state index contributed by atoms with van der Waals surface area (Å²) >= 11 is 0. The molecule has 8 nitrogen and oxygen atoms in total. The van der Waals surface area contributed by atoms with E-state index in [0.29, 0.717) is 30.8 Å². The third-order valence-electron chi connectivity index (χ3n) is 8.28. The van der Waals surface area contributed by atoms with Gasteiger partial charge in [0.2, 0.25) is 0 Å². The van der Waals surface area contributed by atoms with Crippen LogP contribution in [0.4, 0.5) is 0 Å². The van der Waals surface area contributed by atoms with Crippen LogP contribution >= 0.6 is 0 Å². The minimum absolute atomic E-state index is 0. The van der Waals surface area contributed by atoms with Gasteiger partial charge in [0.1, 0.15) is 34.2 Å². The van der Waals surface area contributed by atoms with Crippen LogP contribution in [0.2, 0.25) is 0 Å². The van der Waals surface area contributed by atoms with E-state index in [2.05, 4.69) is 4.74 Å². The van der Waals surface area contributed by atoms with E-state index in [1.165, 1.54) is 7.11 Å². The predicted octanol–water partition coefficient (Wildman–Crippen LogP) is 6.64. The highest BCUT2D eigenvalue weighted by Gasteiger charge is 2.35. The summed E-state index contributed by atoms with van der Waals surface area (Å²) in [7, 11) is 1.40. The van der Waals surface area contributed by atoms with Gasteiger partial charge >= 0.3 is 11.9 Å². The Hall–Kier alpha value is -3.42. The van der Waals surface area contributed by atoms with E-state index in [0.717, 1.165) is 70.6 Å². The third-order valence-corrected chi connectivity index (χ3v) is 8.28. The van der Waals surface area contributed by atoms with Gasteiger partial charge in [0.05, 0.1) is 7.11 Å². The van der Waals surface area contributed by atoms with Crippen LogP contribution in [-0.4, -0.2) is 45.6 Å². The topological polar surface area (TPSA) is 123 Å². The second kappa shape index (κ2) is 12.8. The lowest BCUT2D eigenvalue weighted by Crippen LogP contribution is -2.37. The summed E-state index contributed by atoms with van der Waals surface area (Å²) < 4.78 is 16.9. The molecule has 2 heterocycles. The minimum atomic E-state index is -0.797. The zero-order chi connectivity index (χ0) is 29.1. The smallest absolute Gasteiger partial charge is 0.305 e. The number of phenols is 2. The summed E-state index contributed by atoms with van der Waals surface area (Å²) in [5.41, 5.74) is 4.85. The van der Waals surface area contributed by atoms with Crippen molar-refractivity contribution in [1.82, 2.24) is 0 Å². The van der Waals surface area contributed by atoms with E-state index in [9.17, 15) is 19.8 Å². The Morgan fingerprint density at radius 3 is 1.57 bits per heavy atom. The summed E-state index contributed by atoms with van der Waals surface area (Å²) in [6, 6.07) is 3.55. The molecule has 2 aliphatic rings. The van der Waals surface area contributed by atoms with Gasteiger partial charge in [-0.05, 0) is 126 Å². The van der Waals surface area contributed by atoms with E-state index in [1.54, 1.807) is 12.1 Å². The molecule has 0 saturated carbocycles. The fraction of sp³-hybridized carbons (Fsp3) is 0.562. The van der Waals surface area contributed by atoms with Gasteiger partial charge < -0.3 is 29.5 Å². The van der Waals surface area contributed by atoms with E-state index in [-0.39, 0.29) is 25.4 Å². The van der Waals surface area contributed by atoms with Crippen LogP contribution in [0, 0.1) is 27.7 Å². The number of aryl methyl sites for hydroxylation is 2. The van der Waals surface area contributed by atoms with Gasteiger partial charge in [-0.2, -0.15) is 0 Å². The van der Waals surface area contributed by atoms with Crippen molar-refractivity contribution >= 4 is 11.9 Å². The molecule has 0 aliphatic carbocycles. The number of ether oxygens (including phenoxy) is 3. The van der Waals surface area contributed by atoms with Gasteiger partial charge in [-0.3, -0.25) is 9.59 Å². The molecule has 0 radical (unpaired) electrons. The summed E-state index contributed by atoms with van der Waals surface area (Å²) in [5, 5.41) is 28.5. The summed E-state index contributed by atoms with van der Waals surface area (Å²) in [5.74, 6) is 1.29.